The van der Waals surface area contributed by atoms with Crippen LogP contribution in [0.1, 0.15) is 43.0 Å². The summed E-state index contributed by atoms with van der Waals surface area (Å²) in [6.07, 6.45) is 3.50. The Balaban J connectivity index is 1.86. The Bertz CT molecular complexity index is 615. The first-order valence-electron chi connectivity index (χ1n) is 6.92. The van der Waals surface area contributed by atoms with Gasteiger partial charge in [-0.1, -0.05) is 25.0 Å². The Labute approximate surface area is 127 Å². The van der Waals surface area contributed by atoms with Crippen molar-refractivity contribution < 1.29 is 10.0 Å². The molecular formula is C15H17N3O2S. The van der Waals surface area contributed by atoms with Gasteiger partial charge in [-0.15, -0.1) is 11.3 Å². The van der Waals surface area contributed by atoms with Crippen LogP contribution in [-0.2, 0) is 4.79 Å². The lowest BCUT2D eigenvalue weighted by atomic mass is 10.0. The van der Waals surface area contributed by atoms with Gasteiger partial charge in [0.05, 0.1) is 22.2 Å². The minimum Gasteiger partial charge on any atom is -0.289 e. The number of carbonyl (C=O) groups excluding carboxylic acids is 1. The van der Waals surface area contributed by atoms with Gasteiger partial charge in [0.25, 0.3) is 0 Å². The normalized spacial score (nSPS) is 12.0. The number of thiazole rings is 1. The van der Waals surface area contributed by atoms with Crippen LogP contribution in [0.3, 0.4) is 0 Å². The number of nitrogens with zero attached hydrogens (tertiary/aromatic N) is 2. The van der Waals surface area contributed by atoms with E-state index >= 15 is 0 Å². The van der Waals surface area contributed by atoms with Gasteiger partial charge in [0.15, 0.2) is 0 Å². The molecule has 1 aromatic heterocycles. The number of rotatable bonds is 7. The number of carbonyl (C=O) groups is 1. The van der Waals surface area contributed by atoms with Gasteiger partial charge >= 0.3 is 0 Å². The van der Waals surface area contributed by atoms with E-state index < -0.39 is 0 Å². The van der Waals surface area contributed by atoms with Crippen molar-refractivity contribution in [2.24, 2.45) is 0 Å². The molecule has 1 unspecified atom stereocenters. The highest BCUT2D eigenvalue weighted by molar-refractivity contribution is 7.18. The summed E-state index contributed by atoms with van der Waals surface area (Å²) in [6.45, 7) is 0. The molecular weight excluding hydrogens is 286 g/mol. The van der Waals surface area contributed by atoms with Crippen molar-refractivity contribution in [1.82, 2.24) is 10.5 Å². The summed E-state index contributed by atoms with van der Waals surface area (Å²) in [5.41, 5.74) is 2.56. The van der Waals surface area contributed by atoms with Gasteiger partial charge in [0.2, 0.25) is 5.91 Å². The van der Waals surface area contributed by atoms with Gasteiger partial charge in [-0.3, -0.25) is 10.0 Å². The second-order valence-electron chi connectivity index (χ2n) is 4.84. The van der Waals surface area contributed by atoms with E-state index in [0.29, 0.717) is 12.8 Å². The van der Waals surface area contributed by atoms with Gasteiger partial charge in [0.1, 0.15) is 5.01 Å². The van der Waals surface area contributed by atoms with Crippen LogP contribution in [0.5, 0.6) is 0 Å². The molecule has 2 rings (SSSR count). The van der Waals surface area contributed by atoms with Crippen LogP contribution in [0.15, 0.2) is 24.3 Å². The van der Waals surface area contributed by atoms with Crippen molar-refractivity contribution in [2.45, 2.75) is 38.0 Å². The molecule has 0 saturated heterocycles. The van der Waals surface area contributed by atoms with Crippen molar-refractivity contribution in [1.29, 1.82) is 5.26 Å². The molecule has 2 N–H and O–H groups in total. The predicted molar refractivity (Wildman–Crippen MR) is 81.0 cm³/mol. The number of aromatic nitrogens is 1. The first-order chi connectivity index (χ1) is 10.2. The Morgan fingerprint density at radius 1 is 1.38 bits per heavy atom. The molecule has 0 spiro atoms. The first kappa shape index (κ1) is 15.4. The van der Waals surface area contributed by atoms with E-state index in [1.165, 1.54) is 0 Å². The largest absolute Gasteiger partial charge is 0.289 e. The third kappa shape index (κ3) is 4.25. The molecule has 110 valence electrons. The molecule has 0 bridgehead atoms. The Morgan fingerprint density at radius 2 is 2.19 bits per heavy atom. The summed E-state index contributed by atoms with van der Waals surface area (Å²) >= 11 is 1.57. The number of para-hydroxylation sites is 1. The first-order valence-corrected chi connectivity index (χ1v) is 7.74. The second-order valence-corrected chi connectivity index (χ2v) is 5.90. The number of hydrogen-bond acceptors (Lipinski definition) is 5. The number of benzene rings is 1. The van der Waals surface area contributed by atoms with Gasteiger partial charge < -0.3 is 0 Å². The van der Waals surface area contributed by atoms with Crippen molar-refractivity contribution in [3.8, 4) is 6.07 Å². The molecule has 0 radical (unpaired) electrons. The molecule has 21 heavy (non-hydrogen) atoms. The van der Waals surface area contributed by atoms with Crippen LogP contribution in [0.4, 0.5) is 0 Å². The number of hydrogen-bond donors (Lipinski definition) is 2. The van der Waals surface area contributed by atoms with Crippen LogP contribution in [0, 0.1) is 11.3 Å². The maximum atomic E-state index is 10.9. The van der Waals surface area contributed by atoms with Gasteiger partial charge in [-0.2, -0.15) is 5.26 Å². The minimum atomic E-state index is -0.363. The zero-order valence-electron chi connectivity index (χ0n) is 11.6. The molecule has 0 aliphatic carbocycles. The molecule has 0 fully saturated rings. The molecule has 0 saturated carbocycles. The summed E-state index contributed by atoms with van der Waals surface area (Å²) in [4.78, 5) is 15.4. The lowest BCUT2D eigenvalue weighted by Crippen LogP contribution is -2.17. The van der Waals surface area contributed by atoms with Crippen molar-refractivity contribution in [3.05, 3.63) is 29.3 Å². The fraction of sp³-hybridized carbons (Fsp3) is 0.400. The van der Waals surface area contributed by atoms with Crippen LogP contribution < -0.4 is 5.48 Å². The van der Waals surface area contributed by atoms with E-state index in [0.717, 1.165) is 34.5 Å². The number of nitriles is 1. The number of amides is 1. The maximum Gasteiger partial charge on any atom is 0.243 e. The quantitative estimate of drug-likeness (QED) is 0.466. The molecule has 0 aliphatic rings. The van der Waals surface area contributed by atoms with E-state index in [-0.39, 0.29) is 11.8 Å². The zero-order chi connectivity index (χ0) is 15.1. The van der Waals surface area contributed by atoms with Gasteiger partial charge in [-0.05, 0) is 25.0 Å². The average Bonchev–Trinajstić information content (AvgIpc) is 2.94. The number of nitrogens with one attached hydrogen (secondary N) is 1. The van der Waals surface area contributed by atoms with E-state index in [2.05, 4.69) is 11.1 Å². The molecule has 6 heteroatoms. The van der Waals surface area contributed by atoms with E-state index in [4.69, 9.17) is 5.21 Å². The lowest BCUT2D eigenvalue weighted by molar-refractivity contribution is -0.129. The van der Waals surface area contributed by atoms with Crippen LogP contribution in [0.25, 0.3) is 10.2 Å². The van der Waals surface area contributed by atoms with Crippen LogP contribution in [0.2, 0.25) is 0 Å². The minimum absolute atomic E-state index is 0.186. The molecule has 1 aromatic carbocycles. The highest BCUT2D eigenvalue weighted by Gasteiger charge is 2.15. The average molecular weight is 303 g/mol. The molecule has 1 amide bonds. The molecule has 1 atom stereocenters. The molecule has 0 aliphatic heterocycles. The predicted octanol–water partition coefficient (Wildman–Crippen LogP) is 3.36. The molecule has 1 heterocycles. The summed E-state index contributed by atoms with van der Waals surface area (Å²) < 4.78 is 1.10. The van der Waals surface area contributed by atoms with Gasteiger partial charge in [0, 0.05) is 6.42 Å². The third-order valence-electron chi connectivity index (χ3n) is 3.29. The highest BCUT2D eigenvalue weighted by atomic mass is 32.1. The SMILES string of the molecule is N#CC(CCCCCC(=O)NO)c1nc2ccccc2s1. The number of fused-ring (bicyclic) bond motifs is 1. The van der Waals surface area contributed by atoms with E-state index in [1.807, 2.05) is 24.3 Å². The summed E-state index contributed by atoms with van der Waals surface area (Å²) in [7, 11) is 0. The monoisotopic (exact) mass is 303 g/mol. The number of hydroxylamine groups is 1. The fourth-order valence-corrected chi connectivity index (χ4v) is 3.20. The van der Waals surface area contributed by atoms with Crippen molar-refractivity contribution in [3.63, 3.8) is 0 Å². The Morgan fingerprint density at radius 3 is 2.90 bits per heavy atom. The molecule has 5 nitrogen and oxygen atoms in total. The summed E-state index contributed by atoms with van der Waals surface area (Å²) in [6, 6.07) is 10.2. The standard InChI is InChI=1S/C15H17N3O2S/c16-10-11(6-2-1-3-9-14(19)18-20)15-17-12-7-4-5-8-13(12)21-15/h4-5,7-8,11,20H,1-3,6,9H2,(H,18,19). The van der Waals surface area contributed by atoms with Crippen LogP contribution in [-0.4, -0.2) is 16.1 Å². The lowest BCUT2D eigenvalue weighted by Gasteiger charge is -2.05. The topological polar surface area (TPSA) is 86.0 Å². The Kier molecular flexibility index (Phi) is 5.67. The second kappa shape index (κ2) is 7.72. The zero-order valence-corrected chi connectivity index (χ0v) is 12.4. The van der Waals surface area contributed by atoms with Crippen LogP contribution >= 0.6 is 11.3 Å². The number of unbranched alkanes of at least 4 members (excludes halogenated alkanes) is 2. The summed E-state index contributed by atoms with van der Waals surface area (Å²) in [5, 5.41) is 18.6. The molecule has 2 aromatic rings. The Hall–Kier alpha value is -1.97. The highest BCUT2D eigenvalue weighted by Crippen LogP contribution is 2.30. The fourth-order valence-electron chi connectivity index (χ4n) is 2.15. The van der Waals surface area contributed by atoms with E-state index in [1.54, 1.807) is 16.8 Å². The van der Waals surface area contributed by atoms with Crippen molar-refractivity contribution in [2.75, 3.05) is 0 Å². The van der Waals surface area contributed by atoms with Crippen molar-refractivity contribution >= 4 is 27.5 Å². The third-order valence-corrected chi connectivity index (χ3v) is 4.44. The summed E-state index contributed by atoms with van der Waals surface area (Å²) in [5.74, 6) is -0.549. The maximum absolute atomic E-state index is 10.9. The smallest absolute Gasteiger partial charge is 0.243 e. The van der Waals surface area contributed by atoms with Gasteiger partial charge in [-0.25, -0.2) is 10.5 Å². The van der Waals surface area contributed by atoms with E-state index in [9.17, 15) is 10.1 Å².